The number of benzene rings is 4. The van der Waals surface area contributed by atoms with Crippen molar-refractivity contribution in [2.24, 2.45) is 0 Å². The minimum atomic E-state index is -0.765. The number of nitrogens with zero attached hydrogens (tertiary/aromatic N) is 2. The molecule has 13 heteroatoms. The molecule has 1 atom stereocenters. The van der Waals surface area contributed by atoms with Crippen LogP contribution in [0.3, 0.4) is 0 Å². The van der Waals surface area contributed by atoms with Gasteiger partial charge in [-0.15, -0.1) is 11.8 Å². The molecule has 226 valence electrons. The lowest BCUT2D eigenvalue weighted by atomic mass is 10.1. The van der Waals surface area contributed by atoms with Gasteiger partial charge in [-0.05, 0) is 66.7 Å². The number of rotatable bonds is 9. The van der Waals surface area contributed by atoms with E-state index in [9.17, 15) is 33.7 Å². The number of hydrogen-bond acceptors (Lipinski definition) is 7. The van der Waals surface area contributed by atoms with Crippen LogP contribution in [0.1, 0.15) is 22.3 Å². The molecule has 2 N–H and O–H groups in total. The Kier molecular flexibility index (Phi) is 9.50. The third-order valence-corrected chi connectivity index (χ3v) is 8.25. The maximum atomic E-state index is 14.6. The Morgan fingerprint density at radius 1 is 0.978 bits per heavy atom. The number of amides is 4. The Bertz CT molecular complexity index is 1850. The summed E-state index contributed by atoms with van der Waals surface area (Å²) in [6.07, 6.45) is 1.14. The van der Waals surface area contributed by atoms with Gasteiger partial charge in [0.15, 0.2) is 0 Å². The van der Waals surface area contributed by atoms with Crippen molar-refractivity contribution in [2.75, 3.05) is 10.2 Å². The van der Waals surface area contributed by atoms with Crippen molar-refractivity contribution in [1.29, 1.82) is 0 Å². The first-order valence-electron chi connectivity index (χ1n) is 13.3. The van der Waals surface area contributed by atoms with Gasteiger partial charge in [0, 0.05) is 44.7 Å². The predicted molar refractivity (Wildman–Crippen MR) is 171 cm³/mol. The number of thioether (sulfide) groups is 1. The first-order chi connectivity index (χ1) is 21.6. The summed E-state index contributed by atoms with van der Waals surface area (Å²) in [7, 11) is 0. The number of non-ortho nitro benzene ring substituents is 1. The van der Waals surface area contributed by atoms with Gasteiger partial charge in [0.05, 0.1) is 15.9 Å². The minimum absolute atomic E-state index is 0.0641. The lowest BCUT2D eigenvalue weighted by Crippen LogP contribution is -2.31. The van der Waals surface area contributed by atoms with Crippen molar-refractivity contribution in [3.05, 3.63) is 134 Å². The summed E-state index contributed by atoms with van der Waals surface area (Å²) < 4.78 is 15.1. The molecule has 1 aliphatic rings. The van der Waals surface area contributed by atoms with Crippen molar-refractivity contribution in [3.63, 3.8) is 0 Å². The number of anilines is 2. The quantitative estimate of drug-likeness (QED) is 0.0907. The predicted octanol–water partition coefficient (Wildman–Crippen LogP) is 6.33. The molecule has 0 aliphatic carbocycles. The lowest BCUT2D eigenvalue weighted by molar-refractivity contribution is -0.384. The Morgan fingerprint density at radius 2 is 1.71 bits per heavy atom. The fraction of sp³-hybridized carbons (Fsp3) is 0.0625. The van der Waals surface area contributed by atoms with Crippen LogP contribution < -0.4 is 15.5 Å². The van der Waals surface area contributed by atoms with E-state index in [0.717, 1.165) is 16.7 Å². The van der Waals surface area contributed by atoms with Gasteiger partial charge in [-0.2, -0.15) is 0 Å². The number of halogens is 2. The molecule has 1 aliphatic heterocycles. The summed E-state index contributed by atoms with van der Waals surface area (Å²) in [5, 5.41) is 15.4. The summed E-state index contributed by atoms with van der Waals surface area (Å²) in [5.41, 5.74) is 0.537. The Balaban J connectivity index is 1.33. The molecule has 0 aromatic heterocycles. The van der Waals surface area contributed by atoms with E-state index in [4.69, 9.17) is 0 Å². The first-order valence-corrected chi connectivity index (χ1v) is 15.0. The van der Waals surface area contributed by atoms with E-state index in [-0.39, 0.29) is 29.1 Å². The van der Waals surface area contributed by atoms with Crippen LogP contribution in [-0.2, 0) is 14.4 Å². The van der Waals surface area contributed by atoms with Gasteiger partial charge in [-0.25, -0.2) is 9.29 Å². The second-order valence-electron chi connectivity index (χ2n) is 9.68. The van der Waals surface area contributed by atoms with E-state index in [1.54, 1.807) is 54.6 Å². The monoisotopic (exact) mass is 688 g/mol. The van der Waals surface area contributed by atoms with Gasteiger partial charge in [0.1, 0.15) is 11.5 Å². The molecule has 0 spiro atoms. The van der Waals surface area contributed by atoms with Crippen molar-refractivity contribution < 1.29 is 28.5 Å². The molecule has 4 aromatic carbocycles. The highest BCUT2D eigenvalue weighted by Crippen LogP contribution is 2.35. The molecule has 1 saturated heterocycles. The zero-order valence-corrected chi connectivity index (χ0v) is 25.5. The molecule has 5 rings (SSSR count). The average molecular weight is 690 g/mol. The molecule has 10 nitrogen and oxygen atoms in total. The topological polar surface area (TPSA) is 139 Å². The van der Waals surface area contributed by atoms with Crippen molar-refractivity contribution in [1.82, 2.24) is 5.32 Å². The zero-order valence-electron chi connectivity index (χ0n) is 23.1. The van der Waals surface area contributed by atoms with Crippen LogP contribution in [0.2, 0.25) is 0 Å². The first kappa shape index (κ1) is 31.3. The fourth-order valence-corrected chi connectivity index (χ4v) is 5.92. The number of nitrogens with one attached hydrogen (secondary N) is 2. The third-order valence-electron chi connectivity index (χ3n) is 6.58. The van der Waals surface area contributed by atoms with Gasteiger partial charge in [0.2, 0.25) is 11.8 Å². The highest BCUT2D eigenvalue weighted by Gasteiger charge is 2.40. The van der Waals surface area contributed by atoms with E-state index in [0.29, 0.717) is 20.6 Å². The number of nitro benzene ring substituents is 1. The molecule has 1 fully saturated rings. The molecular formula is C32H22BrFN4O6S. The smallest absolute Gasteiger partial charge is 0.272 e. The van der Waals surface area contributed by atoms with Crippen molar-refractivity contribution in [3.8, 4) is 0 Å². The maximum Gasteiger partial charge on any atom is 0.272 e. The number of nitro groups is 1. The molecule has 45 heavy (non-hydrogen) atoms. The number of carbonyl (C=O) groups is 4. The van der Waals surface area contributed by atoms with Gasteiger partial charge < -0.3 is 10.6 Å². The van der Waals surface area contributed by atoms with Crippen LogP contribution in [0.5, 0.6) is 0 Å². The van der Waals surface area contributed by atoms with E-state index < -0.39 is 39.6 Å². The van der Waals surface area contributed by atoms with E-state index in [1.807, 2.05) is 0 Å². The van der Waals surface area contributed by atoms with Crippen LogP contribution in [0, 0.1) is 15.9 Å². The van der Waals surface area contributed by atoms with Crippen LogP contribution in [0.15, 0.2) is 112 Å². The fourth-order valence-electron chi connectivity index (χ4n) is 4.42. The largest absolute Gasteiger partial charge is 0.321 e. The van der Waals surface area contributed by atoms with Crippen LogP contribution >= 0.6 is 27.7 Å². The molecular weight excluding hydrogens is 667 g/mol. The Morgan fingerprint density at radius 3 is 2.42 bits per heavy atom. The van der Waals surface area contributed by atoms with Crippen LogP contribution in [0.4, 0.5) is 21.5 Å². The van der Waals surface area contributed by atoms with Crippen molar-refractivity contribution >= 4 is 74.5 Å². The highest BCUT2D eigenvalue weighted by atomic mass is 79.9. The Labute approximate surface area is 268 Å². The standard InChI is InChI=1S/C32H22BrFN4O6S/c33-21-9-14-26(34)20(15-21)16-27(36-30(40)19-5-2-1-3-6-19)31(41)35-22-7-4-8-25(17-22)45-28-18-29(39)37(32(28)42)23-10-12-24(13-11-23)38(43)44/h1-17,28H,18H2,(H,35,41)(H,36,40)/b27-16-/t28-/m1/s1. The SMILES string of the molecule is O=C(Nc1cccc(S[C@@H]2CC(=O)N(c3ccc([N+](=O)[O-])cc3)C2=O)c1)/C(=C/c1cc(Br)ccc1F)NC(=O)c1ccccc1. The van der Waals surface area contributed by atoms with E-state index in [2.05, 4.69) is 26.6 Å². The highest BCUT2D eigenvalue weighted by molar-refractivity contribution is 9.10. The number of hydrogen-bond donors (Lipinski definition) is 2. The zero-order chi connectivity index (χ0) is 32.1. The number of carbonyl (C=O) groups excluding carboxylic acids is 4. The van der Waals surface area contributed by atoms with E-state index >= 15 is 0 Å². The van der Waals surface area contributed by atoms with Gasteiger partial charge >= 0.3 is 0 Å². The van der Waals surface area contributed by atoms with Crippen molar-refractivity contribution in [2.45, 2.75) is 16.6 Å². The summed E-state index contributed by atoms with van der Waals surface area (Å²) in [6.45, 7) is 0. The molecule has 0 unspecified atom stereocenters. The summed E-state index contributed by atoms with van der Waals surface area (Å²) in [5.74, 6) is -2.82. The van der Waals surface area contributed by atoms with Gasteiger partial charge in [-0.3, -0.25) is 29.3 Å². The third kappa shape index (κ3) is 7.51. The molecule has 4 amide bonds. The average Bonchev–Trinajstić information content (AvgIpc) is 3.30. The molecule has 0 saturated carbocycles. The van der Waals surface area contributed by atoms with E-state index in [1.165, 1.54) is 48.5 Å². The molecule has 1 heterocycles. The normalized spacial score (nSPS) is 14.8. The van der Waals surface area contributed by atoms with Crippen LogP contribution in [0.25, 0.3) is 6.08 Å². The maximum absolute atomic E-state index is 14.6. The van der Waals surface area contributed by atoms with Gasteiger partial charge in [-0.1, -0.05) is 40.2 Å². The summed E-state index contributed by atoms with van der Waals surface area (Å²) in [4.78, 5) is 64.1. The summed E-state index contributed by atoms with van der Waals surface area (Å²) in [6, 6.07) is 24.1. The summed E-state index contributed by atoms with van der Waals surface area (Å²) >= 11 is 4.41. The second kappa shape index (κ2) is 13.7. The second-order valence-corrected chi connectivity index (χ2v) is 11.9. The van der Waals surface area contributed by atoms with Crippen LogP contribution in [-0.4, -0.2) is 33.8 Å². The number of imide groups is 1. The lowest BCUT2D eigenvalue weighted by Gasteiger charge is -2.15. The molecule has 0 bridgehead atoms. The minimum Gasteiger partial charge on any atom is -0.321 e. The Hall–Kier alpha value is -5.14. The van der Waals surface area contributed by atoms with Gasteiger partial charge in [0.25, 0.3) is 17.5 Å². The molecule has 4 aromatic rings. The molecule has 0 radical (unpaired) electrons.